The Bertz CT molecular complexity index is 578. The normalized spacial score (nSPS) is 10.4. The number of aromatic nitrogens is 2. The second kappa shape index (κ2) is 7.42. The summed E-state index contributed by atoms with van der Waals surface area (Å²) in [5.41, 5.74) is 1.16. The second-order valence-corrected chi connectivity index (χ2v) is 4.53. The van der Waals surface area contributed by atoms with Crippen LogP contribution in [0, 0.1) is 6.92 Å². The van der Waals surface area contributed by atoms with E-state index in [2.05, 4.69) is 10.1 Å². The van der Waals surface area contributed by atoms with Gasteiger partial charge in [-0.15, -0.1) is 0 Å². The summed E-state index contributed by atoms with van der Waals surface area (Å²) in [5.74, 6) is 1.28. The fraction of sp³-hybridized carbons (Fsp3) is 0.400. The fourth-order valence-electron chi connectivity index (χ4n) is 1.59. The Kier molecular flexibility index (Phi) is 5.31. The van der Waals surface area contributed by atoms with Crippen molar-refractivity contribution in [1.82, 2.24) is 10.1 Å². The lowest BCUT2D eigenvalue weighted by atomic mass is 10.2. The summed E-state index contributed by atoms with van der Waals surface area (Å²) in [4.78, 5) is 15.6. The van der Waals surface area contributed by atoms with Crippen LogP contribution in [0.4, 0.5) is 0 Å². The summed E-state index contributed by atoms with van der Waals surface area (Å²) in [6.07, 6.45) is 0.852. The van der Waals surface area contributed by atoms with E-state index in [-0.39, 0.29) is 25.6 Å². The van der Waals surface area contributed by atoms with Gasteiger partial charge in [-0.05, 0) is 19.1 Å². The summed E-state index contributed by atoms with van der Waals surface area (Å²) in [7, 11) is 0. The van der Waals surface area contributed by atoms with E-state index in [1.165, 1.54) is 0 Å². The van der Waals surface area contributed by atoms with Gasteiger partial charge in [-0.3, -0.25) is 4.79 Å². The molecule has 0 aliphatic rings. The van der Waals surface area contributed by atoms with Crippen molar-refractivity contribution in [3.05, 3.63) is 41.5 Å². The molecule has 0 bridgehead atoms. The Hall–Kier alpha value is -2.37. The van der Waals surface area contributed by atoms with E-state index < -0.39 is 0 Å². The maximum atomic E-state index is 11.5. The first-order valence-corrected chi connectivity index (χ1v) is 6.84. The van der Waals surface area contributed by atoms with Crippen LogP contribution in [0.5, 0.6) is 5.75 Å². The number of carbonyl (C=O) groups is 1. The van der Waals surface area contributed by atoms with Gasteiger partial charge in [-0.1, -0.05) is 29.8 Å². The molecule has 0 unspecified atom stereocenters. The molecule has 2 aromatic rings. The Labute approximate surface area is 123 Å². The smallest absolute Gasteiger partial charge is 0.309 e. The van der Waals surface area contributed by atoms with Gasteiger partial charge >= 0.3 is 5.97 Å². The lowest BCUT2D eigenvalue weighted by Crippen LogP contribution is -2.10. The number of nitrogens with zero attached hydrogens (tertiary/aromatic N) is 2. The molecule has 0 saturated carbocycles. The summed E-state index contributed by atoms with van der Waals surface area (Å²) < 4.78 is 15.4. The highest BCUT2D eigenvalue weighted by Gasteiger charge is 2.09. The van der Waals surface area contributed by atoms with Crippen LogP contribution in [0.15, 0.2) is 28.8 Å². The number of hydrogen-bond donors (Lipinski definition) is 0. The van der Waals surface area contributed by atoms with Gasteiger partial charge in [-0.25, -0.2) is 0 Å². The summed E-state index contributed by atoms with van der Waals surface area (Å²) in [6.45, 7) is 4.19. The highest BCUT2D eigenvalue weighted by Crippen LogP contribution is 2.11. The van der Waals surface area contributed by atoms with Crippen LogP contribution in [-0.4, -0.2) is 22.7 Å². The molecule has 0 spiro atoms. The highest BCUT2D eigenvalue weighted by molar-refractivity contribution is 5.69. The Morgan fingerprint density at radius 2 is 2.05 bits per heavy atom. The quantitative estimate of drug-likeness (QED) is 0.729. The van der Waals surface area contributed by atoms with Crippen molar-refractivity contribution in [2.24, 2.45) is 0 Å². The van der Waals surface area contributed by atoms with Crippen LogP contribution >= 0.6 is 0 Å². The molecular formula is C15H18N2O4. The first kappa shape index (κ1) is 15.0. The third-order valence-corrected chi connectivity index (χ3v) is 2.78. The third kappa shape index (κ3) is 4.91. The van der Waals surface area contributed by atoms with E-state index >= 15 is 0 Å². The molecule has 0 N–H and O–H groups in total. The maximum Gasteiger partial charge on any atom is 0.309 e. The van der Waals surface area contributed by atoms with E-state index in [4.69, 9.17) is 14.0 Å². The molecule has 0 atom stereocenters. The largest absolute Gasteiger partial charge is 0.493 e. The number of esters is 1. The molecule has 0 aliphatic carbocycles. The third-order valence-electron chi connectivity index (χ3n) is 2.78. The Morgan fingerprint density at radius 3 is 2.71 bits per heavy atom. The number of rotatable bonds is 7. The van der Waals surface area contributed by atoms with Crippen molar-refractivity contribution in [2.45, 2.75) is 33.3 Å². The van der Waals surface area contributed by atoms with Crippen molar-refractivity contribution in [1.29, 1.82) is 0 Å². The molecule has 0 saturated heterocycles. The lowest BCUT2D eigenvalue weighted by molar-refractivity contribution is -0.146. The fourth-order valence-corrected chi connectivity index (χ4v) is 1.59. The van der Waals surface area contributed by atoms with Gasteiger partial charge in [-0.2, -0.15) is 4.98 Å². The lowest BCUT2D eigenvalue weighted by Gasteiger charge is -2.06. The second-order valence-electron chi connectivity index (χ2n) is 4.53. The number of hydrogen-bond acceptors (Lipinski definition) is 6. The first-order chi connectivity index (χ1) is 10.2. The van der Waals surface area contributed by atoms with Crippen molar-refractivity contribution < 1.29 is 18.8 Å². The molecule has 0 amide bonds. The molecule has 1 heterocycles. The van der Waals surface area contributed by atoms with E-state index in [9.17, 15) is 4.79 Å². The molecule has 0 fully saturated rings. The maximum absolute atomic E-state index is 11.5. The molecular weight excluding hydrogens is 272 g/mol. The van der Waals surface area contributed by atoms with Gasteiger partial charge in [0.2, 0.25) is 0 Å². The summed E-state index contributed by atoms with van der Waals surface area (Å²) in [6, 6.07) is 7.64. The van der Waals surface area contributed by atoms with E-state index in [1.807, 2.05) is 38.1 Å². The van der Waals surface area contributed by atoms with Gasteiger partial charge in [0.15, 0.2) is 12.4 Å². The van der Waals surface area contributed by atoms with Gasteiger partial charge in [0.05, 0.1) is 13.0 Å². The predicted molar refractivity (Wildman–Crippen MR) is 74.8 cm³/mol. The number of ether oxygens (including phenoxy) is 2. The summed E-state index contributed by atoms with van der Waals surface area (Å²) in [5, 5.41) is 3.72. The number of carbonyl (C=O) groups excluding carboxylic acids is 1. The van der Waals surface area contributed by atoms with E-state index in [0.29, 0.717) is 18.1 Å². The minimum absolute atomic E-state index is 0.00361. The molecule has 0 aliphatic heterocycles. The Morgan fingerprint density at radius 1 is 1.29 bits per heavy atom. The molecule has 6 nitrogen and oxygen atoms in total. The standard InChI is InChI=1S/C15H18N2O4/c1-3-13-16-14(21-17-13)10-20-15(18)8-9-19-12-6-4-11(2)5-7-12/h4-7H,3,8-10H2,1-2H3. The van der Waals surface area contributed by atoms with Gasteiger partial charge < -0.3 is 14.0 Å². The molecule has 1 aromatic carbocycles. The number of aryl methyl sites for hydroxylation is 2. The SMILES string of the molecule is CCc1noc(COC(=O)CCOc2ccc(C)cc2)n1. The van der Waals surface area contributed by atoms with Crippen LogP contribution < -0.4 is 4.74 Å². The predicted octanol–water partition coefficient (Wildman–Crippen LogP) is 2.45. The van der Waals surface area contributed by atoms with Gasteiger partial charge in [0.25, 0.3) is 5.89 Å². The zero-order chi connectivity index (χ0) is 15.1. The highest BCUT2D eigenvalue weighted by atomic mass is 16.6. The molecule has 1 aromatic heterocycles. The molecule has 0 radical (unpaired) electrons. The average molecular weight is 290 g/mol. The minimum atomic E-state index is -0.363. The molecule has 6 heteroatoms. The monoisotopic (exact) mass is 290 g/mol. The number of benzene rings is 1. The van der Waals surface area contributed by atoms with E-state index in [1.54, 1.807) is 0 Å². The van der Waals surface area contributed by atoms with Gasteiger partial charge in [0, 0.05) is 6.42 Å². The van der Waals surface area contributed by atoms with Crippen molar-refractivity contribution >= 4 is 5.97 Å². The Balaban J connectivity index is 1.66. The average Bonchev–Trinajstić information content (AvgIpc) is 2.95. The van der Waals surface area contributed by atoms with Crippen LogP contribution in [-0.2, 0) is 22.6 Å². The van der Waals surface area contributed by atoms with Crippen LogP contribution in [0.2, 0.25) is 0 Å². The molecule has 21 heavy (non-hydrogen) atoms. The molecule has 2 rings (SSSR count). The van der Waals surface area contributed by atoms with Crippen molar-refractivity contribution in [3.8, 4) is 5.75 Å². The topological polar surface area (TPSA) is 74.5 Å². The van der Waals surface area contributed by atoms with Gasteiger partial charge in [0.1, 0.15) is 5.75 Å². The van der Waals surface area contributed by atoms with Crippen LogP contribution in [0.1, 0.15) is 30.6 Å². The van der Waals surface area contributed by atoms with Crippen molar-refractivity contribution in [3.63, 3.8) is 0 Å². The van der Waals surface area contributed by atoms with Crippen molar-refractivity contribution in [2.75, 3.05) is 6.61 Å². The van der Waals surface area contributed by atoms with E-state index in [0.717, 1.165) is 11.3 Å². The zero-order valence-electron chi connectivity index (χ0n) is 12.2. The van der Waals surface area contributed by atoms with Crippen LogP contribution in [0.3, 0.4) is 0 Å². The first-order valence-electron chi connectivity index (χ1n) is 6.84. The minimum Gasteiger partial charge on any atom is -0.493 e. The molecule has 112 valence electrons. The summed E-state index contributed by atoms with van der Waals surface area (Å²) >= 11 is 0. The zero-order valence-corrected chi connectivity index (χ0v) is 12.2. The van der Waals surface area contributed by atoms with Crippen LogP contribution in [0.25, 0.3) is 0 Å².